The Bertz CT molecular complexity index is 501. The Morgan fingerprint density at radius 2 is 2.33 bits per heavy atom. The summed E-state index contributed by atoms with van der Waals surface area (Å²) in [6.07, 6.45) is 2.24. The highest BCUT2D eigenvalue weighted by atomic mass is 16.4. The van der Waals surface area contributed by atoms with Gasteiger partial charge in [-0.05, 0) is 43.4 Å². The van der Waals surface area contributed by atoms with E-state index in [9.17, 15) is 4.79 Å². The summed E-state index contributed by atoms with van der Waals surface area (Å²) in [4.78, 5) is 10.8. The van der Waals surface area contributed by atoms with Crippen LogP contribution in [0.3, 0.4) is 0 Å². The molecule has 4 heteroatoms. The van der Waals surface area contributed by atoms with Crippen molar-refractivity contribution in [3.05, 3.63) is 29.3 Å². The third-order valence-corrected chi connectivity index (χ3v) is 3.22. The minimum Gasteiger partial charge on any atom is -0.481 e. The van der Waals surface area contributed by atoms with Crippen LogP contribution in [0.2, 0.25) is 0 Å². The van der Waals surface area contributed by atoms with Crippen molar-refractivity contribution in [1.29, 1.82) is 5.26 Å². The number of carbonyl (C=O) groups is 1. The molecular weight excluding hydrogens is 228 g/mol. The zero-order valence-electron chi connectivity index (χ0n) is 10.3. The van der Waals surface area contributed by atoms with Crippen LogP contribution in [0.25, 0.3) is 0 Å². The number of nitrogens with one attached hydrogen (secondary N) is 1. The molecule has 0 aliphatic heterocycles. The summed E-state index contributed by atoms with van der Waals surface area (Å²) in [5, 5.41) is 21.2. The predicted molar refractivity (Wildman–Crippen MR) is 68.3 cm³/mol. The second kappa shape index (κ2) is 5.09. The Hall–Kier alpha value is -2.02. The molecule has 1 aromatic rings. The minimum atomic E-state index is -0.800. The van der Waals surface area contributed by atoms with E-state index in [-0.39, 0.29) is 12.5 Å². The molecule has 1 atom stereocenters. The largest absolute Gasteiger partial charge is 0.481 e. The van der Waals surface area contributed by atoms with E-state index in [0.29, 0.717) is 11.5 Å². The quantitative estimate of drug-likeness (QED) is 0.834. The van der Waals surface area contributed by atoms with E-state index in [0.717, 1.165) is 24.1 Å². The van der Waals surface area contributed by atoms with Gasteiger partial charge < -0.3 is 10.4 Å². The van der Waals surface area contributed by atoms with Crippen LogP contribution in [0.15, 0.2) is 18.2 Å². The van der Waals surface area contributed by atoms with E-state index >= 15 is 0 Å². The van der Waals surface area contributed by atoms with Crippen molar-refractivity contribution in [2.24, 2.45) is 5.92 Å². The number of aryl methyl sites for hydroxylation is 1. The fraction of sp³-hybridized carbons (Fsp3) is 0.429. The molecule has 0 amide bonds. The number of nitriles is 1. The molecule has 4 nitrogen and oxygen atoms in total. The number of carboxylic acid groups (broad SMARTS) is 1. The van der Waals surface area contributed by atoms with Crippen LogP contribution in [0.4, 0.5) is 5.69 Å². The molecule has 2 rings (SSSR count). The Morgan fingerprint density at radius 3 is 2.89 bits per heavy atom. The molecule has 0 bridgehead atoms. The van der Waals surface area contributed by atoms with Gasteiger partial charge in [0.1, 0.15) is 6.07 Å². The van der Waals surface area contributed by atoms with Crippen molar-refractivity contribution < 1.29 is 9.90 Å². The van der Waals surface area contributed by atoms with Crippen LogP contribution in [-0.4, -0.2) is 17.1 Å². The van der Waals surface area contributed by atoms with Gasteiger partial charge in [-0.25, -0.2) is 0 Å². The van der Waals surface area contributed by atoms with Gasteiger partial charge in [0.05, 0.1) is 17.7 Å². The summed E-state index contributed by atoms with van der Waals surface area (Å²) in [7, 11) is 0. The van der Waals surface area contributed by atoms with Crippen LogP contribution < -0.4 is 5.32 Å². The maximum atomic E-state index is 10.8. The van der Waals surface area contributed by atoms with E-state index in [4.69, 9.17) is 10.4 Å². The minimum absolute atomic E-state index is 0.0728. The van der Waals surface area contributed by atoms with E-state index in [1.54, 1.807) is 6.07 Å². The van der Waals surface area contributed by atoms with Gasteiger partial charge in [-0.15, -0.1) is 0 Å². The maximum Gasteiger partial charge on any atom is 0.305 e. The Labute approximate surface area is 106 Å². The van der Waals surface area contributed by atoms with Gasteiger partial charge in [-0.3, -0.25) is 4.79 Å². The molecule has 0 spiro atoms. The van der Waals surface area contributed by atoms with Gasteiger partial charge in [-0.2, -0.15) is 5.26 Å². The molecule has 0 aromatic heterocycles. The standard InChI is InChI=1S/C14H16N2O2/c1-9-2-3-11(8-15)12(6-9)16-13(7-14(17)18)10-4-5-10/h2-3,6,10,13,16H,4-5,7H2,1H3,(H,17,18). The van der Waals surface area contributed by atoms with Gasteiger partial charge in [0.15, 0.2) is 0 Å². The average molecular weight is 244 g/mol. The molecule has 1 aliphatic rings. The first kappa shape index (κ1) is 12.4. The smallest absolute Gasteiger partial charge is 0.305 e. The molecule has 1 aromatic carbocycles. The molecule has 0 heterocycles. The van der Waals surface area contributed by atoms with Gasteiger partial charge >= 0.3 is 5.97 Å². The first-order valence-electron chi connectivity index (χ1n) is 6.09. The summed E-state index contributed by atoms with van der Waals surface area (Å²) >= 11 is 0. The van der Waals surface area contributed by atoms with E-state index < -0.39 is 5.97 Å². The number of hydrogen-bond donors (Lipinski definition) is 2. The molecule has 2 N–H and O–H groups in total. The Kier molecular flexibility index (Phi) is 3.52. The lowest BCUT2D eigenvalue weighted by Gasteiger charge is -2.18. The maximum absolute atomic E-state index is 10.8. The number of nitrogens with zero attached hydrogens (tertiary/aromatic N) is 1. The summed E-state index contributed by atoms with van der Waals surface area (Å²) < 4.78 is 0. The van der Waals surface area contributed by atoms with E-state index in [2.05, 4.69) is 11.4 Å². The van der Waals surface area contributed by atoms with Crippen LogP contribution in [0.1, 0.15) is 30.4 Å². The van der Waals surface area contributed by atoms with Crippen molar-refractivity contribution in [2.75, 3.05) is 5.32 Å². The first-order chi connectivity index (χ1) is 8.60. The highest BCUT2D eigenvalue weighted by molar-refractivity contribution is 5.69. The monoisotopic (exact) mass is 244 g/mol. The molecule has 0 radical (unpaired) electrons. The van der Waals surface area contributed by atoms with Crippen LogP contribution in [0, 0.1) is 24.2 Å². The molecule has 1 unspecified atom stereocenters. The lowest BCUT2D eigenvalue weighted by atomic mass is 10.1. The van der Waals surface area contributed by atoms with Crippen molar-refractivity contribution in [1.82, 2.24) is 0 Å². The van der Waals surface area contributed by atoms with Gasteiger partial charge in [0.25, 0.3) is 0 Å². The fourth-order valence-corrected chi connectivity index (χ4v) is 2.10. The van der Waals surface area contributed by atoms with Crippen LogP contribution in [-0.2, 0) is 4.79 Å². The molecule has 1 saturated carbocycles. The van der Waals surface area contributed by atoms with Crippen molar-refractivity contribution >= 4 is 11.7 Å². The van der Waals surface area contributed by atoms with Gasteiger partial charge in [0, 0.05) is 6.04 Å². The summed E-state index contributed by atoms with van der Waals surface area (Å²) in [5.74, 6) is -0.376. The summed E-state index contributed by atoms with van der Waals surface area (Å²) in [6, 6.07) is 7.60. The first-order valence-corrected chi connectivity index (χ1v) is 6.09. The molecular formula is C14H16N2O2. The fourth-order valence-electron chi connectivity index (χ4n) is 2.10. The highest BCUT2D eigenvalue weighted by Gasteiger charge is 2.32. The molecule has 1 aliphatic carbocycles. The van der Waals surface area contributed by atoms with Crippen molar-refractivity contribution in [3.63, 3.8) is 0 Å². The van der Waals surface area contributed by atoms with Gasteiger partial charge in [0.2, 0.25) is 0 Å². The SMILES string of the molecule is Cc1ccc(C#N)c(NC(CC(=O)O)C2CC2)c1. The summed E-state index contributed by atoms with van der Waals surface area (Å²) in [6.45, 7) is 1.95. The number of anilines is 1. The van der Waals surface area contributed by atoms with Crippen molar-refractivity contribution in [3.8, 4) is 6.07 Å². The Balaban J connectivity index is 2.17. The second-order valence-corrected chi connectivity index (χ2v) is 4.85. The van der Waals surface area contributed by atoms with Crippen LogP contribution >= 0.6 is 0 Å². The molecule has 1 fully saturated rings. The third kappa shape index (κ3) is 3.01. The van der Waals surface area contributed by atoms with Crippen molar-refractivity contribution in [2.45, 2.75) is 32.2 Å². The number of rotatable bonds is 5. The van der Waals surface area contributed by atoms with E-state index in [1.165, 1.54) is 0 Å². The molecule has 18 heavy (non-hydrogen) atoms. The van der Waals surface area contributed by atoms with E-state index in [1.807, 2.05) is 19.1 Å². The predicted octanol–water partition coefficient (Wildman–Crippen LogP) is 2.53. The average Bonchev–Trinajstić information content (AvgIpc) is 3.11. The topological polar surface area (TPSA) is 73.1 Å². The normalized spacial score (nSPS) is 15.8. The number of benzene rings is 1. The molecule has 0 saturated heterocycles. The zero-order chi connectivity index (χ0) is 13.1. The Morgan fingerprint density at radius 1 is 1.61 bits per heavy atom. The highest BCUT2D eigenvalue weighted by Crippen LogP contribution is 2.36. The number of hydrogen-bond acceptors (Lipinski definition) is 3. The lowest BCUT2D eigenvalue weighted by Crippen LogP contribution is -2.25. The number of carboxylic acids is 1. The van der Waals surface area contributed by atoms with Crippen LogP contribution in [0.5, 0.6) is 0 Å². The molecule has 94 valence electrons. The summed E-state index contributed by atoms with van der Waals surface area (Å²) in [5.41, 5.74) is 2.37. The third-order valence-electron chi connectivity index (χ3n) is 3.22. The second-order valence-electron chi connectivity index (χ2n) is 4.85. The zero-order valence-corrected chi connectivity index (χ0v) is 10.3. The number of aliphatic carboxylic acids is 1. The lowest BCUT2D eigenvalue weighted by molar-refractivity contribution is -0.137. The van der Waals surface area contributed by atoms with Gasteiger partial charge in [-0.1, -0.05) is 6.07 Å².